The number of hydrogen-bond donors (Lipinski definition) is 3. The molecule has 0 spiro atoms. The lowest BCUT2D eigenvalue weighted by molar-refractivity contribution is -0.133. The molecule has 0 saturated carbocycles. The van der Waals surface area contributed by atoms with E-state index in [9.17, 15) is 22.8 Å². The standard InChI is InChI=1S/C11H7F3N4O2/c12-6-1-2-7(9(14)8(6)13)18-11(20)10(19)17-5-3-15-16-4-5/h1-4H,(H,15,16)(H,17,19)(H,18,20). The molecule has 0 aliphatic rings. The van der Waals surface area contributed by atoms with E-state index < -0.39 is 35.0 Å². The lowest BCUT2D eigenvalue weighted by Crippen LogP contribution is -2.29. The van der Waals surface area contributed by atoms with Crippen LogP contribution in [0.4, 0.5) is 24.5 Å². The first kappa shape index (κ1) is 13.6. The van der Waals surface area contributed by atoms with Crippen molar-refractivity contribution in [1.82, 2.24) is 10.2 Å². The quantitative estimate of drug-likeness (QED) is 0.575. The number of H-pyrrole nitrogens is 1. The summed E-state index contributed by atoms with van der Waals surface area (Å²) in [6.45, 7) is 0. The molecule has 0 bridgehead atoms. The Morgan fingerprint density at radius 1 is 1.05 bits per heavy atom. The highest BCUT2D eigenvalue weighted by molar-refractivity contribution is 6.43. The van der Waals surface area contributed by atoms with Crippen molar-refractivity contribution in [3.8, 4) is 0 Å². The maximum Gasteiger partial charge on any atom is 0.314 e. The van der Waals surface area contributed by atoms with Gasteiger partial charge in [0, 0.05) is 6.20 Å². The Morgan fingerprint density at radius 3 is 2.40 bits per heavy atom. The molecule has 6 nitrogen and oxygen atoms in total. The molecule has 2 rings (SSSR count). The molecule has 0 aliphatic heterocycles. The van der Waals surface area contributed by atoms with E-state index in [4.69, 9.17) is 0 Å². The lowest BCUT2D eigenvalue weighted by atomic mass is 10.2. The van der Waals surface area contributed by atoms with E-state index in [1.165, 1.54) is 12.4 Å². The van der Waals surface area contributed by atoms with Crippen molar-refractivity contribution in [1.29, 1.82) is 0 Å². The maximum absolute atomic E-state index is 13.3. The fraction of sp³-hybridized carbons (Fsp3) is 0. The van der Waals surface area contributed by atoms with Gasteiger partial charge in [0.1, 0.15) is 0 Å². The summed E-state index contributed by atoms with van der Waals surface area (Å²) in [6, 6.07) is 1.43. The summed E-state index contributed by atoms with van der Waals surface area (Å²) in [4.78, 5) is 22.9. The van der Waals surface area contributed by atoms with Gasteiger partial charge in [0.2, 0.25) is 0 Å². The number of carbonyl (C=O) groups excluding carboxylic acids is 2. The molecule has 0 saturated heterocycles. The molecule has 0 atom stereocenters. The van der Waals surface area contributed by atoms with Crippen LogP contribution in [0, 0.1) is 17.5 Å². The third-order valence-electron chi connectivity index (χ3n) is 2.25. The molecule has 1 aromatic carbocycles. The molecule has 2 aromatic rings. The van der Waals surface area contributed by atoms with Crippen LogP contribution < -0.4 is 10.6 Å². The summed E-state index contributed by atoms with van der Waals surface area (Å²) < 4.78 is 38.9. The van der Waals surface area contributed by atoms with E-state index in [2.05, 4.69) is 15.5 Å². The average molecular weight is 284 g/mol. The fourth-order valence-electron chi connectivity index (χ4n) is 1.31. The summed E-state index contributed by atoms with van der Waals surface area (Å²) >= 11 is 0. The van der Waals surface area contributed by atoms with Gasteiger partial charge in [0.15, 0.2) is 17.5 Å². The van der Waals surface area contributed by atoms with Crippen LogP contribution in [0.2, 0.25) is 0 Å². The molecule has 0 aliphatic carbocycles. The number of benzene rings is 1. The second-order valence-electron chi connectivity index (χ2n) is 3.62. The molecule has 1 heterocycles. The van der Waals surface area contributed by atoms with Gasteiger partial charge in [-0.25, -0.2) is 13.2 Å². The van der Waals surface area contributed by atoms with Crippen molar-refractivity contribution in [2.24, 2.45) is 0 Å². The summed E-state index contributed by atoms with van der Waals surface area (Å²) in [6.07, 6.45) is 2.55. The minimum Gasteiger partial charge on any atom is -0.315 e. The Hall–Kier alpha value is -2.84. The smallest absolute Gasteiger partial charge is 0.314 e. The molecule has 0 fully saturated rings. The number of aromatic amines is 1. The van der Waals surface area contributed by atoms with Gasteiger partial charge in [-0.2, -0.15) is 5.10 Å². The van der Waals surface area contributed by atoms with E-state index in [1.807, 2.05) is 5.32 Å². The lowest BCUT2D eigenvalue weighted by Gasteiger charge is -2.06. The number of halogens is 3. The molecule has 104 valence electrons. The number of carbonyl (C=O) groups is 2. The topological polar surface area (TPSA) is 86.9 Å². The van der Waals surface area contributed by atoms with E-state index in [1.54, 1.807) is 0 Å². The second-order valence-corrected chi connectivity index (χ2v) is 3.62. The Kier molecular flexibility index (Phi) is 3.69. The van der Waals surface area contributed by atoms with Crippen molar-refractivity contribution >= 4 is 23.2 Å². The van der Waals surface area contributed by atoms with Gasteiger partial charge < -0.3 is 10.6 Å². The normalized spacial score (nSPS) is 10.2. The molecule has 9 heteroatoms. The molecule has 3 N–H and O–H groups in total. The largest absolute Gasteiger partial charge is 0.315 e. The molecule has 0 unspecified atom stereocenters. The fourth-order valence-corrected chi connectivity index (χ4v) is 1.31. The van der Waals surface area contributed by atoms with Crippen molar-refractivity contribution < 1.29 is 22.8 Å². The molecule has 20 heavy (non-hydrogen) atoms. The highest BCUT2D eigenvalue weighted by atomic mass is 19.2. The monoisotopic (exact) mass is 284 g/mol. The van der Waals surface area contributed by atoms with Crippen LogP contribution in [0.5, 0.6) is 0 Å². The number of amides is 2. The van der Waals surface area contributed by atoms with Gasteiger partial charge in [-0.05, 0) is 12.1 Å². The highest BCUT2D eigenvalue weighted by Crippen LogP contribution is 2.19. The van der Waals surface area contributed by atoms with Crippen LogP contribution >= 0.6 is 0 Å². The first-order valence-corrected chi connectivity index (χ1v) is 5.23. The Morgan fingerprint density at radius 2 is 1.75 bits per heavy atom. The van der Waals surface area contributed by atoms with Crippen molar-refractivity contribution in [3.63, 3.8) is 0 Å². The van der Waals surface area contributed by atoms with Crippen LogP contribution in [-0.4, -0.2) is 22.0 Å². The van der Waals surface area contributed by atoms with Crippen LogP contribution in [0.15, 0.2) is 24.5 Å². The third-order valence-corrected chi connectivity index (χ3v) is 2.25. The Bertz CT molecular complexity index is 658. The van der Waals surface area contributed by atoms with Gasteiger partial charge >= 0.3 is 11.8 Å². The van der Waals surface area contributed by atoms with Crippen LogP contribution in [0.25, 0.3) is 0 Å². The van der Waals surface area contributed by atoms with Crippen molar-refractivity contribution in [3.05, 3.63) is 42.0 Å². The van der Waals surface area contributed by atoms with E-state index in [0.717, 1.165) is 6.07 Å². The van der Waals surface area contributed by atoms with E-state index >= 15 is 0 Å². The van der Waals surface area contributed by atoms with Gasteiger partial charge in [-0.3, -0.25) is 14.7 Å². The Balaban J connectivity index is 2.08. The summed E-state index contributed by atoms with van der Waals surface area (Å²) in [7, 11) is 0. The average Bonchev–Trinajstić information content (AvgIpc) is 2.92. The SMILES string of the molecule is O=C(Nc1cn[nH]c1)C(=O)Nc1ccc(F)c(F)c1F. The van der Waals surface area contributed by atoms with Gasteiger partial charge in [-0.15, -0.1) is 0 Å². The molecular weight excluding hydrogens is 277 g/mol. The van der Waals surface area contributed by atoms with Crippen LogP contribution in [0.3, 0.4) is 0 Å². The number of hydrogen-bond acceptors (Lipinski definition) is 3. The number of aromatic nitrogens is 2. The van der Waals surface area contributed by atoms with Crippen molar-refractivity contribution in [2.45, 2.75) is 0 Å². The van der Waals surface area contributed by atoms with Crippen LogP contribution in [-0.2, 0) is 9.59 Å². The third kappa shape index (κ3) is 2.76. The van der Waals surface area contributed by atoms with Gasteiger partial charge in [0.25, 0.3) is 0 Å². The van der Waals surface area contributed by atoms with Crippen LogP contribution in [0.1, 0.15) is 0 Å². The number of anilines is 2. The minimum atomic E-state index is -1.74. The van der Waals surface area contributed by atoms with E-state index in [-0.39, 0.29) is 5.69 Å². The summed E-state index contributed by atoms with van der Waals surface area (Å²) in [5.74, 6) is -7.08. The van der Waals surface area contributed by atoms with Gasteiger partial charge in [0.05, 0.1) is 17.6 Å². The summed E-state index contributed by atoms with van der Waals surface area (Å²) in [5.41, 5.74) is -0.424. The van der Waals surface area contributed by atoms with Gasteiger partial charge in [-0.1, -0.05) is 0 Å². The Labute approximate surface area is 110 Å². The first-order chi connectivity index (χ1) is 9.49. The predicted molar refractivity (Wildman–Crippen MR) is 62.2 cm³/mol. The summed E-state index contributed by atoms with van der Waals surface area (Å²) in [5, 5.41) is 9.91. The minimum absolute atomic E-state index is 0.218. The zero-order valence-electron chi connectivity index (χ0n) is 9.71. The first-order valence-electron chi connectivity index (χ1n) is 5.23. The number of nitrogens with one attached hydrogen (secondary N) is 3. The predicted octanol–water partition coefficient (Wildman–Crippen LogP) is 1.40. The number of nitrogens with zero attached hydrogens (tertiary/aromatic N) is 1. The molecule has 0 radical (unpaired) electrons. The zero-order valence-corrected chi connectivity index (χ0v) is 9.71. The molecular formula is C11H7F3N4O2. The maximum atomic E-state index is 13.3. The molecule has 1 aromatic heterocycles. The molecule has 2 amide bonds. The van der Waals surface area contributed by atoms with E-state index in [0.29, 0.717) is 6.07 Å². The van der Waals surface area contributed by atoms with Crippen molar-refractivity contribution in [2.75, 3.05) is 10.6 Å². The zero-order chi connectivity index (χ0) is 14.7. The highest BCUT2D eigenvalue weighted by Gasteiger charge is 2.19. The number of rotatable bonds is 2. The second kappa shape index (κ2) is 5.43.